The van der Waals surface area contributed by atoms with E-state index in [0.717, 1.165) is 0 Å². The second-order valence-electron chi connectivity index (χ2n) is 2.95. The fourth-order valence-electron chi connectivity index (χ4n) is 1.12. The Morgan fingerprint density at radius 3 is 2.54 bits per heavy atom. The number of phenols is 1. The van der Waals surface area contributed by atoms with Crippen molar-refractivity contribution in [3.8, 4) is 5.75 Å². The van der Waals surface area contributed by atoms with Crippen LogP contribution in [0.4, 0.5) is 4.39 Å². The molecular formula is C10H14FNO. The van der Waals surface area contributed by atoms with Gasteiger partial charge in [0, 0.05) is 0 Å². The zero-order chi connectivity index (χ0) is 9.68. The molecule has 13 heavy (non-hydrogen) atoms. The maximum absolute atomic E-state index is 13.3. The summed E-state index contributed by atoms with van der Waals surface area (Å²) in [4.78, 5) is 0. The number of hydrogen-bond donors (Lipinski definition) is 2. The summed E-state index contributed by atoms with van der Waals surface area (Å²) >= 11 is 0. The smallest absolute Gasteiger partial charge is 0.126 e. The summed E-state index contributed by atoms with van der Waals surface area (Å²) in [5.74, 6) is 0.171. The van der Waals surface area contributed by atoms with Crippen molar-refractivity contribution in [2.24, 2.45) is 0 Å². The zero-order valence-corrected chi connectivity index (χ0v) is 7.63. The van der Waals surface area contributed by atoms with E-state index < -0.39 is 6.17 Å². The van der Waals surface area contributed by atoms with Crippen molar-refractivity contribution in [3.63, 3.8) is 0 Å². The van der Waals surface area contributed by atoms with Crippen molar-refractivity contribution in [3.05, 3.63) is 29.8 Å². The maximum atomic E-state index is 13.3. The molecule has 0 saturated carbocycles. The van der Waals surface area contributed by atoms with Gasteiger partial charge in [-0.2, -0.15) is 0 Å². The topological polar surface area (TPSA) is 32.3 Å². The van der Waals surface area contributed by atoms with E-state index in [1.807, 2.05) is 0 Å². The van der Waals surface area contributed by atoms with Gasteiger partial charge in [0.15, 0.2) is 0 Å². The van der Waals surface area contributed by atoms with Crippen LogP contribution >= 0.6 is 0 Å². The Hall–Kier alpha value is -1.09. The third-order valence-electron chi connectivity index (χ3n) is 1.90. The van der Waals surface area contributed by atoms with Gasteiger partial charge in [-0.25, -0.2) is 4.39 Å². The number of nitrogens with one attached hydrogen (secondary N) is 1. The lowest BCUT2D eigenvalue weighted by molar-refractivity contribution is 0.321. The SMILES string of the molecule is CNCCC(F)c1ccc(O)cc1. The van der Waals surface area contributed by atoms with Gasteiger partial charge in [0.25, 0.3) is 0 Å². The first kappa shape index (κ1) is 9.99. The highest BCUT2D eigenvalue weighted by molar-refractivity contribution is 5.27. The van der Waals surface area contributed by atoms with Gasteiger partial charge in [-0.05, 0) is 37.7 Å². The Morgan fingerprint density at radius 1 is 1.38 bits per heavy atom. The number of benzene rings is 1. The molecule has 72 valence electrons. The van der Waals surface area contributed by atoms with E-state index in [-0.39, 0.29) is 5.75 Å². The van der Waals surface area contributed by atoms with Crippen LogP contribution in [0.15, 0.2) is 24.3 Å². The Labute approximate surface area is 77.4 Å². The van der Waals surface area contributed by atoms with Crippen molar-refractivity contribution in [2.75, 3.05) is 13.6 Å². The summed E-state index contributed by atoms with van der Waals surface area (Å²) < 4.78 is 13.3. The summed E-state index contributed by atoms with van der Waals surface area (Å²) in [7, 11) is 1.80. The largest absolute Gasteiger partial charge is 0.508 e. The van der Waals surface area contributed by atoms with Crippen molar-refractivity contribution in [1.82, 2.24) is 5.32 Å². The maximum Gasteiger partial charge on any atom is 0.126 e. The predicted molar refractivity (Wildman–Crippen MR) is 50.5 cm³/mol. The van der Waals surface area contributed by atoms with Gasteiger partial charge in [-0.3, -0.25) is 0 Å². The second kappa shape index (κ2) is 4.82. The molecule has 3 heteroatoms. The molecule has 0 spiro atoms. The highest BCUT2D eigenvalue weighted by Gasteiger charge is 2.07. The van der Waals surface area contributed by atoms with E-state index in [9.17, 15) is 4.39 Å². The Balaban J connectivity index is 2.55. The van der Waals surface area contributed by atoms with Crippen molar-refractivity contribution < 1.29 is 9.50 Å². The Bertz CT molecular complexity index is 248. The molecule has 1 aromatic carbocycles. The summed E-state index contributed by atoms with van der Waals surface area (Å²) in [5, 5.41) is 11.9. The van der Waals surface area contributed by atoms with Crippen LogP contribution in [0.25, 0.3) is 0 Å². The fraction of sp³-hybridized carbons (Fsp3) is 0.400. The van der Waals surface area contributed by atoms with Gasteiger partial charge in [-0.15, -0.1) is 0 Å². The van der Waals surface area contributed by atoms with E-state index in [0.29, 0.717) is 18.5 Å². The summed E-state index contributed by atoms with van der Waals surface area (Å²) in [6.45, 7) is 0.655. The number of hydrogen-bond acceptors (Lipinski definition) is 2. The molecule has 2 N–H and O–H groups in total. The van der Waals surface area contributed by atoms with Crippen molar-refractivity contribution in [1.29, 1.82) is 0 Å². The van der Waals surface area contributed by atoms with E-state index in [2.05, 4.69) is 5.32 Å². The van der Waals surface area contributed by atoms with Crippen LogP contribution in [0.5, 0.6) is 5.75 Å². The molecule has 0 heterocycles. The molecular weight excluding hydrogens is 169 g/mol. The lowest BCUT2D eigenvalue weighted by atomic mass is 10.1. The minimum atomic E-state index is -0.951. The molecule has 0 amide bonds. The first-order valence-corrected chi connectivity index (χ1v) is 4.31. The molecule has 1 unspecified atom stereocenters. The average Bonchev–Trinajstić information content (AvgIpc) is 2.15. The highest BCUT2D eigenvalue weighted by Crippen LogP contribution is 2.22. The summed E-state index contributed by atoms with van der Waals surface area (Å²) in [6.07, 6.45) is -0.491. The molecule has 1 atom stereocenters. The average molecular weight is 183 g/mol. The standard InChI is InChI=1S/C10H14FNO/c1-12-7-6-10(11)8-2-4-9(13)5-3-8/h2-5,10,12-13H,6-7H2,1H3. The van der Waals surface area contributed by atoms with Gasteiger partial charge in [0.05, 0.1) is 0 Å². The molecule has 0 aliphatic rings. The Kier molecular flexibility index (Phi) is 3.71. The minimum absolute atomic E-state index is 0.171. The molecule has 0 fully saturated rings. The molecule has 0 aromatic heterocycles. The zero-order valence-electron chi connectivity index (χ0n) is 7.63. The van der Waals surface area contributed by atoms with Gasteiger partial charge in [-0.1, -0.05) is 12.1 Å². The van der Waals surface area contributed by atoms with Gasteiger partial charge < -0.3 is 10.4 Å². The van der Waals surface area contributed by atoms with Crippen LogP contribution in [0, 0.1) is 0 Å². The Morgan fingerprint density at radius 2 is 2.00 bits per heavy atom. The first-order valence-electron chi connectivity index (χ1n) is 4.31. The number of rotatable bonds is 4. The van der Waals surface area contributed by atoms with Crippen LogP contribution in [0.3, 0.4) is 0 Å². The number of aromatic hydroxyl groups is 1. The quantitative estimate of drug-likeness (QED) is 0.748. The number of halogens is 1. The predicted octanol–water partition coefficient (Wildman–Crippen LogP) is 2.01. The van der Waals surface area contributed by atoms with Crippen molar-refractivity contribution >= 4 is 0 Å². The molecule has 0 radical (unpaired) electrons. The number of alkyl halides is 1. The normalized spacial score (nSPS) is 12.8. The molecule has 2 nitrogen and oxygen atoms in total. The molecule has 0 bridgehead atoms. The van der Waals surface area contributed by atoms with Crippen LogP contribution in [0.1, 0.15) is 18.2 Å². The molecule has 0 saturated heterocycles. The molecule has 0 aliphatic carbocycles. The van der Waals surface area contributed by atoms with Crippen molar-refractivity contribution in [2.45, 2.75) is 12.6 Å². The van der Waals surface area contributed by atoms with Crippen LogP contribution < -0.4 is 5.32 Å². The number of phenolic OH excluding ortho intramolecular Hbond substituents is 1. The van der Waals surface area contributed by atoms with Gasteiger partial charge in [0.1, 0.15) is 11.9 Å². The highest BCUT2D eigenvalue weighted by atomic mass is 19.1. The van der Waals surface area contributed by atoms with E-state index >= 15 is 0 Å². The molecule has 0 aliphatic heterocycles. The summed E-state index contributed by atoms with van der Waals surface area (Å²) in [5.41, 5.74) is 0.619. The van der Waals surface area contributed by atoms with E-state index in [1.165, 1.54) is 12.1 Å². The minimum Gasteiger partial charge on any atom is -0.508 e. The van der Waals surface area contributed by atoms with E-state index in [1.54, 1.807) is 19.2 Å². The van der Waals surface area contributed by atoms with E-state index in [4.69, 9.17) is 5.11 Å². The molecule has 1 aromatic rings. The fourth-order valence-corrected chi connectivity index (χ4v) is 1.12. The lowest BCUT2D eigenvalue weighted by Gasteiger charge is -2.07. The van der Waals surface area contributed by atoms with Crippen LogP contribution in [0.2, 0.25) is 0 Å². The third kappa shape index (κ3) is 3.03. The van der Waals surface area contributed by atoms with Gasteiger partial charge >= 0.3 is 0 Å². The third-order valence-corrected chi connectivity index (χ3v) is 1.90. The lowest BCUT2D eigenvalue weighted by Crippen LogP contribution is -2.10. The van der Waals surface area contributed by atoms with Crippen LogP contribution in [-0.2, 0) is 0 Å². The van der Waals surface area contributed by atoms with Crippen LogP contribution in [-0.4, -0.2) is 18.7 Å². The first-order chi connectivity index (χ1) is 6.24. The molecule has 1 rings (SSSR count). The second-order valence-corrected chi connectivity index (χ2v) is 2.95. The van der Waals surface area contributed by atoms with Gasteiger partial charge in [0.2, 0.25) is 0 Å². The summed E-state index contributed by atoms with van der Waals surface area (Å²) in [6, 6.07) is 6.22. The monoisotopic (exact) mass is 183 g/mol.